The number of fused-ring (bicyclic) bond motifs is 2. The average molecular weight is 290 g/mol. The van der Waals surface area contributed by atoms with E-state index in [1.54, 1.807) is 0 Å². The molecule has 4 nitrogen and oxygen atoms in total. The summed E-state index contributed by atoms with van der Waals surface area (Å²) in [6, 6.07) is 2.13. The van der Waals surface area contributed by atoms with Crippen molar-refractivity contribution in [3.63, 3.8) is 0 Å². The Hall–Kier alpha value is -0.870. The molecule has 2 saturated heterocycles. The van der Waals surface area contributed by atoms with Crippen molar-refractivity contribution in [3.8, 4) is 0 Å². The number of piperidine rings is 2. The molecule has 4 heteroatoms. The number of hydrogen-bond acceptors (Lipinski definition) is 3. The second-order valence-electron chi connectivity index (χ2n) is 7.34. The molecular weight excluding hydrogens is 260 g/mol. The lowest BCUT2D eigenvalue weighted by molar-refractivity contribution is 0.0390. The molecule has 0 aliphatic carbocycles. The van der Waals surface area contributed by atoms with Crippen LogP contribution in [-0.4, -0.2) is 40.1 Å². The first-order valence-electron chi connectivity index (χ1n) is 8.55. The Morgan fingerprint density at radius 3 is 2.48 bits per heavy atom. The van der Waals surface area contributed by atoms with E-state index in [9.17, 15) is 0 Å². The number of hydrogen-bond donors (Lipinski definition) is 1. The standard InChI is InChI=1S/C17H30N4/c1-12(2)16(9-18)17-10-19-11-21(17)15-7-13-5-4-6-14(8-15)20(13)3/h10-16H,4-9,18H2,1-3H3. The Kier molecular flexibility index (Phi) is 4.36. The summed E-state index contributed by atoms with van der Waals surface area (Å²) in [4.78, 5) is 7.08. The number of aromatic nitrogens is 2. The van der Waals surface area contributed by atoms with Crippen molar-refractivity contribution in [2.24, 2.45) is 11.7 Å². The second kappa shape index (κ2) is 6.09. The number of nitrogens with zero attached hydrogens (tertiary/aromatic N) is 3. The summed E-state index contributed by atoms with van der Waals surface area (Å²) >= 11 is 0. The minimum absolute atomic E-state index is 0.423. The van der Waals surface area contributed by atoms with Gasteiger partial charge in [0.05, 0.1) is 6.33 Å². The minimum atomic E-state index is 0.423. The molecule has 2 bridgehead atoms. The van der Waals surface area contributed by atoms with Gasteiger partial charge in [-0.25, -0.2) is 4.98 Å². The summed E-state index contributed by atoms with van der Waals surface area (Å²) in [5, 5.41) is 0. The normalized spacial score (nSPS) is 31.6. The van der Waals surface area contributed by atoms with Gasteiger partial charge >= 0.3 is 0 Å². The van der Waals surface area contributed by atoms with Crippen molar-refractivity contribution in [1.82, 2.24) is 14.5 Å². The molecule has 3 unspecified atom stereocenters. The van der Waals surface area contributed by atoms with E-state index < -0.39 is 0 Å². The Morgan fingerprint density at radius 2 is 1.90 bits per heavy atom. The molecule has 118 valence electrons. The highest BCUT2D eigenvalue weighted by Crippen LogP contribution is 2.39. The lowest BCUT2D eigenvalue weighted by atomic mass is 9.81. The average Bonchev–Trinajstić information content (AvgIpc) is 2.88. The summed E-state index contributed by atoms with van der Waals surface area (Å²) in [5.74, 6) is 0.989. The fraction of sp³-hybridized carbons (Fsp3) is 0.824. The molecular formula is C17H30N4. The predicted molar refractivity (Wildman–Crippen MR) is 86.3 cm³/mol. The predicted octanol–water partition coefficient (Wildman–Crippen LogP) is 2.77. The van der Waals surface area contributed by atoms with Crippen LogP contribution in [-0.2, 0) is 0 Å². The molecule has 3 heterocycles. The maximum Gasteiger partial charge on any atom is 0.0950 e. The van der Waals surface area contributed by atoms with E-state index in [4.69, 9.17) is 5.73 Å². The zero-order valence-corrected chi connectivity index (χ0v) is 13.7. The Balaban J connectivity index is 1.83. The fourth-order valence-corrected chi connectivity index (χ4v) is 4.46. The molecule has 2 N–H and O–H groups in total. The summed E-state index contributed by atoms with van der Waals surface area (Å²) in [6.07, 6.45) is 10.8. The van der Waals surface area contributed by atoms with Crippen molar-refractivity contribution in [2.45, 2.75) is 70.0 Å². The van der Waals surface area contributed by atoms with Crippen LogP contribution in [0.3, 0.4) is 0 Å². The van der Waals surface area contributed by atoms with Gasteiger partial charge in [0, 0.05) is 42.5 Å². The lowest BCUT2D eigenvalue weighted by Crippen LogP contribution is -2.50. The van der Waals surface area contributed by atoms with Gasteiger partial charge in [0.1, 0.15) is 0 Å². The van der Waals surface area contributed by atoms with Gasteiger partial charge in [0.25, 0.3) is 0 Å². The first-order chi connectivity index (χ1) is 10.1. The topological polar surface area (TPSA) is 47.1 Å². The molecule has 2 fully saturated rings. The Labute approximate surface area is 128 Å². The van der Waals surface area contributed by atoms with E-state index in [0.717, 1.165) is 12.1 Å². The van der Waals surface area contributed by atoms with Crippen molar-refractivity contribution < 1.29 is 0 Å². The van der Waals surface area contributed by atoms with E-state index in [0.29, 0.717) is 24.4 Å². The zero-order valence-electron chi connectivity index (χ0n) is 13.7. The minimum Gasteiger partial charge on any atom is -0.331 e. The number of nitrogens with two attached hydrogens (primary N) is 1. The van der Waals surface area contributed by atoms with Gasteiger partial charge in [-0.3, -0.25) is 0 Å². The molecule has 0 amide bonds. The lowest BCUT2D eigenvalue weighted by Gasteiger charge is -2.47. The fourth-order valence-electron chi connectivity index (χ4n) is 4.46. The van der Waals surface area contributed by atoms with Crippen molar-refractivity contribution in [2.75, 3.05) is 13.6 Å². The van der Waals surface area contributed by atoms with Gasteiger partial charge in [-0.1, -0.05) is 20.3 Å². The van der Waals surface area contributed by atoms with Crippen LogP contribution in [0.25, 0.3) is 0 Å². The van der Waals surface area contributed by atoms with Crippen LogP contribution in [0.5, 0.6) is 0 Å². The van der Waals surface area contributed by atoms with Gasteiger partial charge in [0.2, 0.25) is 0 Å². The monoisotopic (exact) mass is 290 g/mol. The number of rotatable bonds is 4. The smallest absolute Gasteiger partial charge is 0.0950 e. The highest BCUT2D eigenvalue weighted by Gasteiger charge is 2.37. The third-order valence-corrected chi connectivity index (χ3v) is 5.84. The molecule has 0 saturated carbocycles. The number of imidazole rings is 1. The molecule has 3 rings (SSSR count). The molecule has 0 spiro atoms. The van der Waals surface area contributed by atoms with Gasteiger partial charge in [-0.05, 0) is 38.6 Å². The highest BCUT2D eigenvalue weighted by atomic mass is 15.2. The molecule has 0 aromatic carbocycles. The first kappa shape index (κ1) is 15.0. The summed E-state index contributed by atoms with van der Waals surface area (Å²) < 4.78 is 2.45. The van der Waals surface area contributed by atoms with Gasteiger partial charge in [-0.2, -0.15) is 0 Å². The van der Waals surface area contributed by atoms with Crippen LogP contribution in [0.4, 0.5) is 0 Å². The largest absolute Gasteiger partial charge is 0.331 e. The Morgan fingerprint density at radius 1 is 1.24 bits per heavy atom. The molecule has 1 aromatic heterocycles. The van der Waals surface area contributed by atoms with Crippen LogP contribution >= 0.6 is 0 Å². The summed E-state index contributed by atoms with van der Waals surface area (Å²) in [5.41, 5.74) is 7.38. The maximum absolute atomic E-state index is 6.03. The molecule has 2 aliphatic rings. The summed E-state index contributed by atoms with van der Waals surface area (Å²) in [7, 11) is 2.32. The van der Waals surface area contributed by atoms with Crippen LogP contribution in [0, 0.1) is 5.92 Å². The van der Waals surface area contributed by atoms with E-state index in [2.05, 4.69) is 35.3 Å². The second-order valence-corrected chi connectivity index (χ2v) is 7.34. The van der Waals surface area contributed by atoms with Crippen LogP contribution in [0.15, 0.2) is 12.5 Å². The quantitative estimate of drug-likeness (QED) is 0.927. The van der Waals surface area contributed by atoms with E-state index in [1.165, 1.54) is 37.8 Å². The van der Waals surface area contributed by atoms with Crippen molar-refractivity contribution >= 4 is 0 Å². The van der Waals surface area contributed by atoms with Crippen LogP contribution in [0.1, 0.15) is 63.6 Å². The van der Waals surface area contributed by atoms with Gasteiger partial charge in [0.15, 0.2) is 0 Å². The zero-order chi connectivity index (χ0) is 15.0. The van der Waals surface area contributed by atoms with Crippen LogP contribution in [0.2, 0.25) is 0 Å². The highest BCUT2D eigenvalue weighted by molar-refractivity contribution is 5.11. The van der Waals surface area contributed by atoms with E-state index in [1.807, 2.05) is 12.5 Å². The third kappa shape index (κ3) is 2.76. The molecule has 1 aromatic rings. The molecule has 21 heavy (non-hydrogen) atoms. The maximum atomic E-state index is 6.03. The molecule has 3 atom stereocenters. The SMILES string of the molecule is CC(C)C(CN)c1cncn1C1CC2CCCC(C1)N2C. The van der Waals surface area contributed by atoms with Gasteiger partial charge in [-0.15, -0.1) is 0 Å². The first-order valence-corrected chi connectivity index (χ1v) is 8.55. The molecule has 2 aliphatic heterocycles. The van der Waals surface area contributed by atoms with Crippen molar-refractivity contribution in [3.05, 3.63) is 18.2 Å². The van der Waals surface area contributed by atoms with Gasteiger partial charge < -0.3 is 15.2 Å². The molecule has 0 radical (unpaired) electrons. The summed E-state index contributed by atoms with van der Waals surface area (Å²) in [6.45, 7) is 5.24. The van der Waals surface area contributed by atoms with E-state index in [-0.39, 0.29) is 0 Å². The van der Waals surface area contributed by atoms with E-state index >= 15 is 0 Å². The Bertz CT molecular complexity index is 453. The van der Waals surface area contributed by atoms with Crippen molar-refractivity contribution in [1.29, 1.82) is 0 Å². The third-order valence-electron chi connectivity index (χ3n) is 5.84. The van der Waals surface area contributed by atoms with Crippen LogP contribution < -0.4 is 5.73 Å².